The summed E-state index contributed by atoms with van der Waals surface area (Å²) >= 11 is 0. The van der Waals surface area contributed by atoms with Gasteiger partial charge in [0.15, 0.2) is 0 Å². The summed E-state index contributed by atoms with van der Waals surface area (Å²) < 4.78 is 6.02. The first kappa shape index (κ1) is 12.7. The molecular formula is C16H18O2. The number of para-hydroxylation sites is 1. The Morgan fingerprint density at radius 2 is 1.61 bits per heavy atom. The maximum Gasteiger partial charge on any atom is 0.124 e. The number of rotatable bonds is 1. The first-order chi connectivity index (χ1) is 8.93. The largest absolute Gasteiger partial charge is 0.485 e. The van der Waals surface area contributed by atoms with Gasteiger partial charge >= 0.3 is 0 Å². The summed E-state index contributed by atoms with van der Waals surface area (Å²) in [6, 6.07) is 18.8. The van der Waals surface area contributed by atoms with Gasteiger partial charge in [0.05, 0.1) is 0 Å². The van der Waals surface area contributed by atoms with Gasteiger partial charge in [0.1, 0.15) is 11.9 Å². The molecule has 2 aromatic rings. The minimum atomic E-state index is 0.219. The Kier molecular flexibility index (Phi) is 4.37. The van der Waals surface area contributed by atoms with E-state index in [0.717, 1.165) is 25.7 Å². The first-order valence-corrected chi connectivity index (χ1v) is 6.18. The predicted molar refractivity (Wildman–Crippen MR) is 72.7 cm³/mol. The summed E-state index contributed by atoms with van der Waals surface area (Å²) in [6.07, 6.45) is 2.40. The molecule has 1 heterocycles. The van der Waals surface area contributed by atoms with Crippen molar-refractivity contribution in [2.75, 3.05) is 7.11 Å². The van der Waals surface area contributed by atoms with Gasteiger partial charge in [0, 0.05) is 7.11 Å². The standard InChI is InChI=1S/C15H14O.CH4O/c1-2-6-12(7-3-1)15-11-10-13-8-4-5-9-14(13)16-15;1-2/h1-9,15H,10-11H2;2H,1H3. The highest BCUT2D eigenvalue weighted by Gasteiger charge is 2.20. The lowest BCUT2D eigenvalue weighted by Crippen LogP contribution is -2.14. The van der Waals surface area contributed by atoms with Gasteiger partial charge in [-0.05, 0) is 30.0 Å². The third kappa shape index (κ3) is 2.71. The fourth-order valence-corrected chi connectivity index (χ4v) is 2.23. The second kappa shape index (κ2) is 6.22. The van der Waals surface area contributed by atoms with Crippen LogP contribution < -0.4 is 4.74 Å². The molecule has 0 aromatic heterocycles. The van der Waals surface area contributed by atoms with Gasteiger partial charge in [0.2, 0.25) is 0 Å². The lowest BCUT2D eigenvalue weighted by molar-refractivity contribution is 0.176. The van der Waals surface area contributed by atoms with Crippen molar-refractivity contribution in [1.82, 2.24) is 0 Å². The molecule has 1 aliphatic rings. The summed E-state index contributed by atoms with van der Waals surface area (Å²) in [4.78, 5) is 0. The molecule has 0 aliphatic carbocycles. The number of fused-ring (bicyclic) bond motifs is 1. The molecule has 1 N–H and O–H groups in total. The molecule has 94 valence electrons. The summed E-state index contributed by atoms with van der Waals surface area (Å²) in [6.45, 7) is 0. The van der Waals surface area contributed by atoms with Crippen LogP contribution in [0.4, 0.5) is 0 Å². The monoisotopic (exact) mass is 242 g/mol. The van der Waals surface area contributed by atoms with Crippen LogP contribution in [0.5, 0.6) is 5.75 Å². The number of hydrogen-bond acceptors (Lipinski definition) is 2. The molecule has 2 heteroatoms. The molecular weight excluding hydrogens is 224 g/mol. The zero-order chi connectivity index (χ0) is 12.8. The van der Waals surface area contributed by atoms with Crippen LogP contribution in [0.2, 0.25) is 0 Å². The van der Waals surface area contributed by atoms with E-state index in [1.165, 1.54) is 11.1 Å². The van der Waals surface area contributed by atoms with Crippen molar-refractivity contribution in [3.8, 4) is 5.75 Å². The van der Waals surface area contributed by atoms with Gasteiger partial charge in [-0.1, -0.05) is 48.5 Å². The van der Waals surface area contributed by atoms with Crippen LogP contribution in [0.1, 0.15) is 23.7 Å². The number of ether oxygens (including phenoxy) is 1. The van der Waals surface area contributed by atoms with E-state index in [1.54, 1.807) is 0 Å². The van der Waals surface area contributed by atoms with Gasteiger partial charge in [-0.15, -0.1) is 0 Å². The quantitative estimate of drug-likeness (QED) is 0.831. The maximum atomic E-state index is 7.00. The second-order valence-electron chi connectivity index (χ2n) is 4.16. The van der Waals surface area contributed by atoms with E-state index in [1.807, 2.05) is 12.1 Å². The number of aliphatic hydroxyl groups is 1. The molecule has 18 heavy (non-hydrogen) atoms. The van der Waals surface area contributed by atoms with Crippen molar-refractivity contribution in [2.45, 2.75) is 18.9 Å². The predicted octanol–water partition coefficient (Wildman–Crippen LogP) is 3.36. The normalized spacial score (nSPS) is 16.9. The molecule has 2 aromatic carbocycles. The third-order valence-corrected chi connectivity index (χ3v) is 3.09. The smallest absolute Gasteiger partial charge is 0.124 e. The molecule has 1 unspecified atom stereocenters. The van der Waals surface area contributed by atoms with E-state index in [0.29, 0.717) is 0 Å². The molecule has 0 fully saturated rings. The van der Waals surface area contributed by atoms with Gasteiger partial charge < -0.3 is 9.84 Å². The molecule has 0 amide bonds. The second-order valence-corrected chi connectivity index (χ2v) is 4.16. The number of aryl methyl sites for hydroxylation is 1. The Bertz CT molecular complexity index is 479. The van der Waals surface area contributed by atoms with Crippen molar-refractivity contribution >= 4 is 0 Å². The van der Waals surface area contributed by atoms with Gasteiger partial charge in [-0.3, -0.25) is 0 Å². The highest BCUT2D eigenvalue weighted by Crippen LogP contribution is 2.34. The van der Waals surface area contributed by atoms with Crippen LogP contribution in [0.15, 0.2) is 54.6 Å². The number of hydrogen-bond donors (Lipinski definition) is 1. The Balaban J connectivity index is 0.000000574. The Hall–Kier alpha value is -1.80. The van der Waals surface area contributed by atoms with E-state index < -0.39 is 0 Å². The molecule has 1 aliphatic heterocycles. The summed E-state index contributed by atoms with van der Waals surface area (Å²) in [5.41, 5.74) is 2.60. The summed E-state index contributed by atoms with van der Waals surface area (Å²) in [7, 11) is 1.00. The number of aliphatic hydroxyl groups excluding tert-OH is 1. The fraction of sp³-hybridized carbons (Fsp3) is 0.250. The average molecular weight is 242 g/mol. The SMILES string of the molecule is CO.c1ccc(C2CCc3ccccc3O2)cc1. The van der Waals surface area contributed by atoms with Crippen LogP contribution in [0, 0.1) is 0 Å². The number of benzene rings is 2. The van der Waals surface area contributed by atoms with Gasteiger partial charge in [-0.2, -0.15) is 0 Å². The molecule has 0 saturated heterocycles. The fourth-order valence-electron chi connectivity index (χ4n) is 2.23. The molecule has 1 atom stereocenters. The van der Waals surface area contributed by atoms with Crippen molar-refractivity contribution in [2.24, 2.45) is 0 Å². The molecule has 0 radical (unpaired) electrons. The lowest BCUT2D eigenvalue weighted by atomic mass is 9.98. The van der Waals surface area contributed by atoms with Crippen molar-refractivity contribution < 1.29 is 9.84 Å². The average Bonchev–Trinajstić information content (AvgIpc) is 2.50. The minimum Gasteiger partial charge on any atom is -0.485 e. The van der Waals surface area contributed by atoms with Crippen molar-refractivity contribution in [1.29, 1.82) is 0 Å². The molecule has 0 spiro atoms. The van der Waals surface area contributed by atoms with Crippen LogP contribution >= 0.6 is 0 Å². The van der Waals surface area contributed by atoms with Crippen molar-refractivity contribution in [3.63, 3.8) is 0 Å². The van der Waals surface area contributed by atoms with E-state index in [9.17, 15) is 0 Å². The topological polar surface area (TPSA) is 29.5 Å². The molecule has 3 rings (SSSR count). The first-order valence-electron chi connectivity index (χ1n) is 6.18. The van der Waals surface area contributed by atoms with E-state index in [4.69, 9.17) is 9.84 Å². The maximum absolute atomic E-state index is 7.00. The molecule has 0 bridgehead atoms. The van der Waals surface area contributed by atoms with Crippen LogP contribution in [0.25, 0.3) is 0 Å². The van der Waals surface area contributed by atoms with Crippen molar-refractivity contribution in [3.05, 3.63) is 65.7 Å². The Morgan fingerprint density at radius 1 is 0.944 bits per heavy atom. The van der Waals surface area contributed by atoms with Crippen LogP contribution in [-0.2, 0) is 6.42 Å². The van der Waals surface area contributed by atoms with Gasteiger partial charge in [-0.25, -0.2) is 0 Å². The Morgan fingerprint density at radius 3 is 2.39 bits per heavy atom. The van der Waals surface area contributed by atoms with Crippen LogP contribution in [0.3, 0.4) is 0 Å². The summed E-state index contributed by atoms with van der Waals surface area (Å²) in [5.74, 6) is 1.04. The third-order valence-electron chi connectivity index (χ3n) is 3.09. The van der Waals surface area contributed by atoms with E-state index >= 15 is 0 Å². The van der Waals surface area contributed by atoms with E-state index in [-0.39, 0.29) is 6.10 Å². The van der Waals surface area contributed by atoms with Crippen LogP contribution in [-0.4, -0.2) is 12.2 Å². The summed E-state index contributed by atoms with van der Waals surface area (Å²) in [5, 5.41) is 7.00. The lowest BCUT2D eigenvalue weighted by Gasteiger charge is -2.26. The van der Waals surface area contributed by atoms with Gasteiger partial charge in [0.25, 0.3) is 0 Å². The zero-order valence-electron chi connectivity index (χ0n) is 10.5. The molecule has 2 nitrogen and oxygen atoms in total. The Labute approximate surface area is 108 Å². The molecule has 0 saturated carbocycles. The minimum absolute atomic E-state index is 0.219. The highest BCUT2D eigenvalue weighted by molar-refractivity contribution is 5.36. The van der Waals surface area contributed by atoms with E-state index in [2.05, 4.69) is 42.5 Å². The highest BCUT2D eigenvalue weighted by atomic mass is 16.5. The zero-order valence-corrected chi connectivity index (χ0v) is 10.5.